The molecule has 0 aliphatic carbocycles. The zero-order chi connectivity index (χ0) is 13.2. The fourth-order valence-corrected chi connectivity index (χ4v) is 2.54. The van der Waals surface area contributed by atoms with Crippen molar-refractivity contribution >= 4 is 0 Å². The van der Waals surface area contributed by atoms with Crippen molar-refractivity contribution in [3.63, 3.8) is 0 Å². The molecule has 0 spiro atoms. The van der Waals surface area contributed by atoms with Gasteiger partial charge in [-0.05, 0) is 36.8 Å². The van der Waals surface area contributed by atoms with Gasteiger partial charge in [-0.1, -0.05) is 37.6 Å². The van der Waals surface area contributed by atoms with Crippen LogP contribution in [0, 0.1) is 12.3 Å². The molecule has 0 atom stereocenters. The van der Waals surface area contributed by atoms with Crippen molar-refractivity contribution in [3.05, 3.63) is 34.9 Å². The summed E-state index contributed by atoms with van der Waals surface area (Å²) in [6, 6.07) is 6.94. The molecular formula is C16H25NO. The van der Waals surface area contributed by atoms with Crippen molar-refractivity contribution in [2.24, 2.45) is 11.1 Å². The summed E-state index contributed by atoms with van der Waals surface area (Å²) in [5.41, 5.74) is 10.4. The predicted molar refractivity (Wildman–Crippen MR) is 75.9 cm³/mol. The number of hydrogen-bond donors (Lipinski definition) is 1. The van der Waals surface area contributed by atoms with Gasteiger partial charge in [-0.3, -0.25) is 0 Å². The second kappa shape index (κ2) is 5.41. The summed E-state index contributed by atoms with van der Waals surface area (Å²) in [7, 11) is 0. The fraction of sp³-hybridized carbons (Fsp3) is 0.625. The van der Waals surface area contributed by atoms with Gasteiger partial charge in [0.1, 0.15) is 0 Å². The second-order valence-electron chi connectivity index (χ2n) is 6.10. The summed E-state index contributed by atoms with van der Waals surface area (Å²) in [5.74, 6) is 0.596. The Bertz CT molecular complexity index is 402. The summed E-state index contributed by atoms with van der Waals surface area (Å²) in [6.45, 7) is 9.11. The van der Waals surface area contributed by atoms with Gasteiger partial charge in [0.15, 0.2) is 0 Å². The lowest BCUT2D eigenvalue weighted by Crippen LogP contribution is -2.48. The third-order valence-corrected chi connectivity index (χ3v) is 4.02. The van der Waals surface area contributed by atoms with Crippen molar-refractivity contribution in [3.8, 4) is 0 Å². The van der Waals surface area contributed by atoms with E-state index in [2.05, 4.69) is 39.0 Å². The van der Waals surface area contributed by atoms with E-state index in [1.807, 2.05) is 0 Å². The monoisotopic (exact) mass is 247 g/mol. The van der Waals surface area contributed by atoms with E-state index in [1.54, 1.807) is 0 Å². The Labute approximate surface area is 111 Å². The topological polar surface area (TPSA) is 35.2 Å². The Morgan fingerprint density at radius 2 is 2.00 bits per heavy atom. The number of rotatable bonds is 5. The molecule has 1 fully saturated rings. The van der Waals surface area contributed by atoms with E-state index in [-0.39, 0.29) is 5.41 Å². The van der Waals surface area contributed by atoms with E-state index in [0.29, 0.717) is 5.92 Å². The zero-order valence-corrected chi connectivity index (χ0v) is 11.8. The number of ether oxygens (including phenoxy) is 1. The van der Waals surface area contributed by atoms with Gasteiger partial charge in [0, 0.05) is 12.0 Å². The average Bonchev–Trinajstić information content (AvgIpc) is 2.27. The highest BCUT2D eigenvalue weighted by atomic mass is 16.5. The molecule has 18 heavy (non-hydrogen) atoms. The summed E-state index contributed by atoms with van der Waals surface area (Å²) in [6.07, 6.45) is 2.26. The molecule has 1 aliphatic heterocycles. The maximum absolute atomic E-state index is 5.86. The summed E-state index contributed by atoms with van der Waals surface area (Å²) >= 11 is 0. The SMILES string of the molecule is Cc1cc(CCC2(CN)COC2)cc(C(C)C)c1. The molecule has 1 aliphatic rings. The first-order valence-corrected chi connectivity index (χ1v) is 6.93. The van der Waals surface area contributed by atoms with E-state index in [1.165, 1.54) is 16.7 Å². The summed E-state index contributed by atoms with van der Waals surface area (Å²) in [5, 5.41) is 0. The Hall–Kier alpha value is -0.860. The van der Waals surface area contributed by atoms with Gasteiger partial charge >= 0.3 is 0 Å². The number of hydrogen-bond acceptors (Lipinski definition) is 2. The van der Waals surface area contributed by atoms with Crippen molar-refractivity contribution in [2.75, 3.05) is 19.8 Å². The first-order chi connectivity index (χ1) is 8.54. The quantitative estimate of drug-likeness (QED) is 0.868. The van der Waals surface area contributed by atoms with Crippen LogP contribution in [0.4, 0.5) is 0 Å². The van der Waals surface area contributed by atoms with E-state index >= 15 is 0 Å². The highest BCUT2D eigenvalue weighted by molar-refractivity contribution is 5.31. The number of nitrogens with two attached hydrogens (primary N) is 1. The van der Waals surface area contributed by atoms with Gasteiger partial charge in [-0.2, -0.15) is 0 Å². The van der Waals surface area contributed by atoms with Crippen molar-refractivity contribution in [2.45, 2.75) is 39.5 Å². The standard InChI is InChI=1S/C16H25NO/c1-12(2)15-7-13(3)6-14(8-15)4-5-16(9-17)10-18-11-16/h6-8,12H,4-5,9-11,17H2,1-3H3. The smallest absolute Gasteiger partial charge is 0.0557 e. The van der Waals surface area contributed by atoms with E-state index < -0.39 is 0 Å². The molecule has 2 heteroatoms. The van der Waals surface area contributed by atoms with Crippen LogP contribution in [0.2, 0.25) is 0 Å². The van der Waals surface area contributed by atoms with Crippen LogP contribution in [0.5, 0.6) is 0 Å². The molecule has 0 amide bonds. The molecule has 100 valence electrons. The van der Waals surface area contributed by atoms with Crippen molar-refractivity contribution < 1.29 is 4.74 Å². The highest BCUT2D eigenvalue weighted by Crippen LogP contribution is 2.32. The largest absolute Gasteiger partial charge is 0.380 e. The Morgan fingerprint density at radius 1 is 1.28 bits per heavy atom. The van der Waals surface area contributed by atoms with E-state index in [0.717, 1.165) is 32.6 Å². The van der Waals surface area contributed by atoms with Crippen molar-refractivity contribution in [1.29, 1.82) is 0 Å². The normalized spacial score (nSPS) is 17.8. The van der Waals surface area contributed by atoms with Gasteiger partial charge in [-0.15, -0.1) is 0 Å². The molecule has 2 N–H and O–H groups in total. The highest BCUT2D eigenvalue weighted by Gasteiger charge is 2.36. The third kappa shape index (κ3) is 2.93. The minimum atomic E-state index is 0.252. The molecule has 0 saturated carbocycles. The minimum absolute atomic E-state index is 0.252. The van der Waals surface area contributed by atoms with Crippen LogP contribution >= 0.6 is 0 Å². The molecule has 1 heterocycles. The van der Waals surface area contributed by atoms with Gasteiger partial charge in [0.2, 0.25) is 0 Å². The molecule has 0 unspecified atom stereocenters. The minimum Gasteiger partial charge on any atom is -0.380 e. The molecule has 0 aromatic heterocycles. The van der Waals surface area contributed by atoms with Gasteiger partial charge in [0.05, 0.1) is 13.2 Å². The van der Waals surface area contributed by atoms with Crippen LogP contribution in [0.25, 0.3) is 0 Å². The molecule has 0 radical (unpaired) electrons. The lowest BCUT2D eigenvalue weighted by molar-refractivity contribution is -0.111. The molecule has 1 aromatic rings. The van der Waals surface area contributed by atoms with Crippen LogP contribution in [0.3, 0.4) is 0 Å². The summed E-state index contributed by atoms with van der Waals surface area (Å²) in [4.78, 5) is 0. The zero-order valence-electron chi connectivity index (χ0n) is 11.8. The van der Waals surface area contributed by atoms with Gasteiger partial charge in [0.25, 0.3) is 0 Å². The first-order valence-electron chi connectivity index (χ1n) is 6.93. The summed E-state index contributed by atoms with van der Waals surface area (Å²) < 4.78 is 5.32. The fourth-order valence-electron chi connectivity index (χ4n) is 2.54. The third-order valence-electron chi connectivity index (χ3n) is 4.02. The van der Waals surface area contributed by atoms with Crippen LogP contribution in [0.1, 0.15) is 42.9 Å². The Kier molecular flexibility index (Phi) is 4.08. The molecule has 0 bridgehead atoms. The van der Waals surface area contributed by atoms with Gasteiger partial charge < -0.3 is 10.5 Å². The Balaban J connectivity index is 2.05. The number of benzene rings is 1. The average molecular weight is 247 g/mol. The lowest BCUT2D eigenvalue weighted by Gasteiger charge is -2.40. The molecule has 1 saturated heterocycles. The van der Waals surface area contributed by atoms with E-state index in [9.17, 15) is 0 Å². The van der Waals surface area contributed by atoms with Crippen LogP contribution in [-0.4, -0.2) is 19.8 Å². The maximum Gasteiger partial charge on any atom is 0.0557 e. The first kappa shape index (κ1) is 13.6. The van der Waals surface area contributed by atoms with Crippen LogP contribution in [0.15, 0.2) is 18.2 Å². The number of aryl methyl sites for hydroxylation is 2. The van der Waals surface area contributed by atoms with Crippen LogP contribution < -0.4 is 5.73 Å². The lowest BCUT2D eigenvalue weighted by atomic mass is 9.80. The van der Waals surface area contributed by atoms with Crippen molar-refractivity contribution in [1.82, 2.24) is 0 Å². The van der Waals surface area contributed by atoms with E-state index in [4.69, 9.17) is 10.5 Å². The van der Waals surface area contributed by atoms with Crippen LogP contribution in [-0.2, 0) is 11.2 Å². The molecule has 2 rings (SSSR count). The molecule has 1 aromatic carbocycles. The molecule has 2 nitrogen and oxygen atoms in total. The molecular weight excluding hydrogens is 222 g/mol. The Morgan fingerprint density at radius 3 is 2.50 bits per heavy atom. The second-order valence-corrected chi connectivity index (χ2v) is 6.10. The predicted octanol–water partition coefficient (Wildman–Crippen LogP) is 3.03. The maximum atomic E-state index is 5.86. The van der Waals surface area contributed by atoms with Gasteiger partial charge in [-0.25, -0.2) is 0 Å².